The van der Waals surface area contributed by atoms with E-state index < -0.39 is 5.97 Å². The van der Waals surface area contributed by atoms with Gasteiger partial charge in [0.25, 0.3) is 0 Å². The first-order valence-electron chi connectivity index (χ1n) is 10.1. The van der Waals surface area contributed by atoms with Gasteiger partial charge in [-0.1, -0.05) is 89.3 Å². The maximum absolute atomic E-state index is 10.7. The zero-order chi connectivity index (χ0) is 18.3. The van der Waals surface area contributed by atoms with Crippen LogP contribution in [0.15, 0.2) is 24.3 Å². The molecular weight excluding hydrogens is 423 g/mol. The zero-order valence-corrected chi connectivity index (χ0v) is 18.0. The average Bonchev–Trinajstić information content (AvgIpc) is 2.60. The zero-order valence-electron chi connectivity index (χ0n) is 15.8. The van der Waals surface area contributed by atoms with Crippen LogP contribution < -0.4 is 0 Å². The molecule has 0 saturated carbocycles. The molecule has 3 heteroatoms. The number of hydrogen-bond donors (Lipinski definition) is 1. The Morgan fingerprint density at radius 1 is 0.880 bits per heavy atom. The highest BCUT2D eigenvalue weighted by molar-refractivity contribution is 14.1. The summed E-state index contributed by atoms with van der Waals surface area (Å²) >= 11 is 2.44. The molecule has 0 spiro atoms. The minimum atomic E-state index is -0.654. The first kappa shape index (κ1) is 22.5. The summed E-state index contributed by atoms with van der Waals surface area (Å²) in [6, 6.07) is 8.71. The first-order chi connectivity index (χ1) is 12.1. The lowest BCUT2D eigenvalue weighted by atomic mass is 10.0. The Bertz CT molecular complexity index is 473. The van der Waals surface area contributed by atoms with Gasteiger partial charge in [0.05, 0.1) is 5.92 Å². The minimum absolute atomic E-state index is 0.176. The van der Waals surface area contributed by atoms with Crippen molar-refractivity contribution in [1.82, 2.24) is 0 Å². The monoisotopic (exact) mass is 458 g/mol. The van der Waals surface area contributed by atoms with Crippen LogP contribution in [0.4, 0.5) is 0 Å². The van der Waals surface area contributed by atoms with Gasteiger partial charge in [0.2, 0.25) is 0 Å². The lowest BCUT2D eigenvalue weighted by Gasteiger charge is -2.06. The number of aliphatic carboxylic acids is 1. The van der Waals surface area contributed by atoms with Crippen molar-refractivity contribution in [1.29, 1.82) is 0 Å². The standard InChI is InChI=1S/C22H35IO2/c1-19(22(24)25)15-11-9-7-5-3-2-4-6-8-10-12-16-20-17-13-14-18-21(20)23/h13-14,17-19H,2-12,15-16H2,1H3,(H,24,25)/t19-/m0/s1. The van der Waals surface area contributed by atoms with E-state index in [9.17, 15) is 4.79 Å². The molecule has 2 nitrogen and oxygen atoms in total. The molecule has 0 heterocycles. The van der Waals surface area contributed by atoms with Crippen LogP contribution >= 0.6 is 22.6 Å². The van der Waals surface area contributed by atoms with E-state index in [-0.39, 0.29) is 5.92 Å². The number of hydrogen-bond acceptors (Lipinski definition) is 1. The summed E-state index contributed by atoms with van der Waals surface area (Å²) in [6.45, 7) is 1.81. The average molecular weight is 458 g/mol. The molecule has 0 radical (unpaired) electrons. The third kappa shape index (κ3) is 11.6. The van der Waals surface area contributed by atoms with Gasteiger partial charge in [0.15, 0.2) is 0 Å². The van der Waals surface area contributed by atoms with Crippen LogP contribution in [0.5, 0.6) is 0 Å². The van der Waals surface area contributed by atoms with Crippen molar-refractivity contribution in [3.05, 3.63) is 33.4 Å². The lowest BCUT2D eigenvalue weighted by Crippen LogP contribution is -2.08. The van der Waals surface area contributed by atoms with Gasteiger partial charge in [-0.2, -0.15) is 0 Å². The Kier molecular flexibility index (Phi) is 13.1. The Hall–Kier alpha value is -0.580. The van der Waals surface area contributed by atoms with E-state index >= 15 is 0 Å². The molecule has 1 N–H and O–H groups in total. The molecule has 1 aromatic rings. The molecule has 0 unspecified atom stereocenters. The Morgan fingerprint density at radius 3 is 1.88 bits per heavy atom. The molecule has 0 aliphatic heterocycles. The molecule has 0 amide bonds. The second-order valence-corrected chi connectivity index (χ2v) is 8.42. The highest BCUT2D eigenvalue weighted by atomic mass is 127. The normalized spacial score (nSPS) is 12.2. The van der Waals surface area contributed by atoms with E-state index in [1.54, 1.807) is 0 Å². The maximum Gasteiger partial charge on any atom is 0.306 e. The van der Waals surface area contributed by atoms with Crippen LogP contribution in [0.3, 0.4) is 0 Å². The SMILES string of the molecule is C[C@@H](CCCCCCCCCCCCCc1ccccc1I)C(=O)O. The molecule has 1 aromatic carbocycles. The third-order valence-corrected chi connectivity index (χ3v) is 6.02. The van der Waals surface area contributed by atoms with Crippen molar-refractivity contribution in [3.8, 4) is 0 Å². The summed E-state index contributed by atoms with van der Waals surface area (Å²) in [5.41, 5.74) is 1.50. The fourth-order valence-electron chi connectivity index (χ4n) is 3.18. The van der Waals surface area contributed by atoms with Gasteiger partial charge in [0, 0.05) is 3.57 Å². The van der Waals surface area contributed by atoms with Crippen molar-refractivity contribution >= 4 is 28.6 Å². The van der Waals surface area contributed by atoms with Crippen molar-refractivity contribution in [2.45, 2.75) is 90.4 Å². The number of carboxylic acids is 1. The summed E-state index contributed by atoms with van der Waals surface area (Å²) in [6.07, 6.45) is 16.4. The van der Waals surface area contributed by atoms with Crippen LogP contribution in [0.25, 0.3) is 0 Å². The molecule has 0 fully saturated rings. The van der Waals surface area contributed by atoms with E-state index in [1.807, 2.05) is 6.92 Å². The van der Waals surface area contributed by atoms with Crippen LogP contribution in [-0.4, -0.2) is 11.1 Å². The number of rotatable bonds is 15. The van der Waals surface area contributed by atoms with Gasteiger partial charge in [-0.05, 0) is 53.5 Å². The fourth-order valence-corrected chi connectivity index (χ4v) is 3.84. The second kappa shape index (κ2) is 14.6. The van der Waals surface area contributed by atoms with Gasteiger partial charge >= 0.3 is 5.97 Å². The highest BCUT2D eigenvalue weighted by Gasteiger charge is 2.09. The highest BCUT2D eigenvalue weighted by Crippen LogP contribution is 2.17. The first-order valence-corrected chi connectivity index (χ1v) is 11.2. The Morgan fingerprint density at radius 2 is 1.36 bits per heavy atom. The van der Waals surface area contributed by atoms with E-state index in [1.165, 1.54) is 79.8 Å². The number of carbonyl (C=O) groups is 1. The van der Waals surface area contributed by atoms with Gasteiger partial charge in [-0.15, -0.1) is 0 Å². The van der Waals surface area contributed by atoms with Crippen molar-refractivity contribution in [2.24, 2.45) is 5.92 Å². The summed E-state index contributed by atoms with van der Waals surface area (Å²) < 4.78 is 1.40. The molecular formula is C22H35IO2. The van der Waals surface area contributed by atoms with Gasteiger partial charge in [-0.3, -0.25) is 4.79 Å². The molecule has 1 rings (SSSR count). The second-order valence-electron chi connectivity index (χ2n) is 7.26. The molecule has 25 heavy (non-hydrogen) atoms. The summed E-state index contributed by atoms with van der Waals surface area (Å²) in [4.78, 5) is 10.7. The number of carboxylic acid groups (broad SMARTS) is 1. The predicted octanol–water partition coefficient (Wildman–Crippen LogP) is 7.24. The third-order valence-electron chi connectivity index (χ3n) is 4.96. The topological polar surface area (TPSA) is 37.3 Å². The number of benzene rings is 1. The molecule has 0 aromatic heterocycles. The quantitative estimate of drug-likeness (QED) is 0.222. The Balaban J connectivity index is 1.82. The Labute approximate surface area is 167 Å². The van der Waals surface area contributed by atoms with E-state index in [0.717, 1.165) is 12.8 Å². The van der Waals surface area contributed by atoms with Crippen molar-refractivity contribution in [2.75, 3.05) is 0 Å². The van der Waals surface area contributed by atoms with Crippen molar-refractivity contribution in [3.63, 3.8) is 0 Å². The number of aryl methyl sites for hydroxylation is 1. The molecule has 0 saturated heterocycles. The van der Waals surface area contributed by atoms with Crippen LogP contribution in [-0.2, 0) is 11.2 Å². The number of unbranched alkanes of at least 4 members (excludes halogenated alkanes) is 10. The largest absolute Gasteiger partial charge is 0.481 e. The van der Waals surface area contributed by atoms with Crippen molar-refractivity contribution < 1.29 is 9.90 Å². The van der Waals surface area contributed by atoms with Crippen LogP contribution in [0.1, 0.15) is 89.5 Å². The smallest absolute Gasteiger partial charge is 0.306 e. The number of halogens is 1. The van der Waals surface area contributed by atoms with E-state index in [2.05, 4.69) is 46.9 Å². The fraction of sp³-hybridized carbons (Fsp3) is 0.682. The van der Waals surface area contributed by atoms with E-state index in [0.29, 0.717) is 0 Å². The van der Waals surface area contributed by atoms with Gasteiger partial charge in [0.1, 0.15) is 0 Å². The molecule has 0 aliphatic rings. The predicted molar refractivity (Wildman–Crippen MR) is 115 cm³/mol. The summed E-state index contributed by atoms with van der Waals surface area (Å²) in [5, 5.41) is 8.83. The maximum atomic E-state index is 10.7. The lowest BCUT2D eigenvalue weighted by molar-refractivity contribution is -0.141. The molecule has 0 aliphatic carbocycles. The van der Waals surface area contributed by atoms with E-state index in [4.69, 9.17) is 5.11 Å². The van der Waals surface area contributed by atoms with Crippen LogP contribution in [0.2, 0.25) is 0 Å². The van der Waals surface area contributed by atoms with Crippen LogP contribution in [0, 0.1) is 9.49 Å². The summed E-state index contributed by atoms with van der Waals surface area (Å²) in [7, 11) is 0. The summed E-state index contributed by atoms with van der Waals surface area (Å²) in [5.74, 6) is -0.830. The van der Waals surface area contributed by atoms with Gasteiger partial charge < -0.3 is 5.11 Å². The van der Waals surface area contributed by atoms with Gasteiger partial charge in [-0.25, -0.2) is 0 Å². The molecule has 142 valence electrons. The minimum Gasteiger partial charge on any atom is -0.481 e. The molecule has 0 bridgehead atoms. The molecule has 1 atom stereocenters.